The van der Waals surface area contributed by atoms with E-state index in [0.29, 0.717) is 12.8 Å². The molecule has 0 aromatic carbocycles. The van der Waals surface area contributed by atoms with E-state index in [0.717, 1.165) is 6.42 Å². The second-order valence-corrected chi connectivity index (χ2v) is 2.95. The molecule has 1 saturated carbocycles. The standard InChI is InChI=1S/C8H12O3/c1-2-7(9)5-3-4-6(5)8(10)11/h5-6H,2-4H2,1H3,(H,10,11). The van der Waals surface area contributed by atoms with Crippen LogP contribution in [0.1, 0.15) is 26.2 Å². The van der Waals surface area contributed by atoms with Crippen LogP contribution in [-0.2, 0) is 9.59 Å². The second kappa shape index (κ2) is 3.03. The molecular weight excluding hydrogens is 144 g/mol. The van der Waals surface area contributed by atoms with Crippen molar-refractivity contribution < 1.29 is 14.7 Å². The normalized spacial score (nSPS) is 29.2. The van der Waals surface area contributed by atoms with Gasteiger partial charge in [-0.1, -0.05) is 6.92 Å². The molecule has 3 heteroatoms. The van der Waals surface area contributed by atoms with Gasteiger partial charge in [-0.2, -0.15) is 0 Å². The maximum Gasteiger partial charge on any atom is 0.307 e. The van der Waals surface area contributed by atoms with Gasteiger partial charge in [0, 0.05) is 12.3 Å². The van der Waals surface area contributed by atoms with Crippen molar-refractivity contribution in [3.63, 3.8) is 0 Å². The molecule has 0 aromatic rings. The van der Waals surface area contributed by atoms with Crippen LogP contribution < -0.4 is 0 Å². The summed E-state index contributed by atoms with van der Waals surface area (Å²) >= 11 is 0. The lowest BCUT2D eigenvalue weighted by molar-refractivity contribution is -0.152. The summed E-state index contributed by atoms with van der Waals surface area (Å²) in [7, 11) is 0. The minimum absolute atomic E-state index is 0.101. The van der Waals surface area contributed by atoms with Gasteiger partial charge in [0.05, 0.1) is 5.92 Å². The minimum atomic E-state index is -0.817. The molecular formula is C8H12O3. The van der Waals surface area contributed by atoms with Crippen LogP contribution in [0, 0.1) is 11.8 Å². The first-order valence-electron chi connectivity index (χ1n) is 3.92. The topological polar surface area (TPSA) is 54.4 Å². The van der Waals surface area contributed by atoms with Gasteiger partial charge in [0.1, 0.15) is 5.78 Å². The van der Waals surface area contributed by atoms with E-state index in [-0.39, 0.29) is 17.6 Å². The Kier molecular flexibility index (Phi) is 2.27. The van der Waals surface area contributed by atoms with Crippen molar-refractivity contribution in [2.75, 3.05) is 0 Å². The lowest BCUT2D eigenvalue weighted by Gasteiger charge is -2.31. The van der Waals surface area contributed by atoms with E-state index in [1.807, 2.05) is 0 Å². The molecule has 11 heavy (non-hydrogen) atoms. The molecule has 3 nitrogen and oxygen atoms in total. The molecule has 1 aliphatic carbocycles. The van der Waals surface area contributed by atoms with Gasteiger partial charge < -0.3 is 5.11 Å². The fourth-order valence-corrected chi connectivity index (χ4v) is 1.44. The number of aliphatic carboxylic acids is 1. The van der Waals surface area contributed by atoms with Gasteiger partial charge in [0.25, 0.3) is 0 Å². The minimum Gasteiger partial charge on any atom is -0.481 e. The van der Waals surface area contributed by atoms with Gasteiger partial charge in [0.15, 0.2) is 0 Å². The fourth-order valence-electron chi connectivity index (χ4n) is 1.44. The van der Waals surface area contributed by atoms with Gasteiger partial charge >= 0.3 is 5.97 Å². The number of carboxylic acids is 1. The number of carbonyl (C=O) groups excluding carboxylic acids is 1. The SMILES string of the molecule is CCC(=O)C1CCC1C(=O)O. The molecule has 62 valence electrons. The molecule has 0 amide bonds. The summed E-state index contributed by atoms with van der Waals surface area (Å²) in [6, 6.07) is 0. The van der Waals surface area contributed by atoms with E-state index >= 15 is 0 Å². The Hall–Kier alpha value is -0.860. The van der Waals surface area contributed by atoms with Crippen LogP contribution in [0.5, 0.6) is 0 Å². The highest BCUT2D eigenvalue weighted by atomic mass is 16.4. The van der Waals surface area contributed by atoms with Crippen molar-refractivity contribution in [2.24, 2.45) is 11.8 Å². The average molecular weight is 156 g/mol. The third-order valence-corrected chi connectivity index (χ3v) is 2.35. The number of carboxylic acid groups (broad SMARTS) is 1. The largest absolute Gasteiger partial charge is 0.481 e. The molecule has 0 aliphatic heterocycles. The van der Waals surface area contributed by atoms with Gasteiger partial charge in [-0.05, 0) is 12.8 Å². The molecule has 0 heterocycles. The predicted molar refractivity (Wildman–Crippen MR) is 39.1 cm³/mol. The Labute approximate surface area is 65.4 Å². The summed E-state index contributed by atoms with van der Waals surface area (Å²) in [6.45, 7) is 1.78. The molecule has 2 atom stereocenters. The fraction of sp³-hybridized carbons (Fsp3) is 0.750. The Morgan fingerprint density at radius 1 is 1.36 bits per heavy atom. The molecule has 1 N–H and O–H groups in total. The summed E-state index contributed by atoms with van der Waals surface area (Å²) < 4.78 is 0. The number of carbonyl (C=O) groups is 2. The van der Waals surface area contributed by atoms with Gasteiger partial charge in [-0.25, -0.2) is 0 Å². The Balaban J connectivity index is 2.49. The molecule has 1 rings (SSSR count). The molecule has 0 bridgehead atoms. The van der Waals surface area contributed by atoms with E-state index in [1.54, 1.807) is 6.92 Å². The van der Waals surface area contributed by atoms with Crippen LogP contribution in [0.3, 0.4) is 0 Å². The number of hydrogen-bond acceptors (Lipinski definition) is 2. The Morgan fingerprint density at radius 2 is 1.91 bits per heavy atom. The zero-order valence-corrected chi connectivity index (χ0v) is 6.54. The van der Waals surface area contributed by atoms with E-state index in [1.165, 1.54) is 0 Å². The number of rotatable bonds is 3. The molecule has 0 spiro atoms. The zero-order chi connectivity index (χ0) is 8.43. The molecule has 0 radical (unpaired) electrons. The van der Waals surface area contributed by atoms with E-state index in [2.05, 4.69) is 0 Å². The third-order valence-electron chi connectivity index (χ3n) is 2.35. The average Bonchev–Trinajstić information content (AvgIpc) is 1.83. The van der Waals surface area contributed by atoms with E-state index in [9.17, 15) is 9.59 Å². The smallest absolute Gasteiger partial charge is 0.307 e. The molecule has 1 fully saturated rings. The molecule has 2 unspecified atom stereocenters. The van der Waals surface area contributed by atoms with Gasteiger partial charge in [0.2, 0.25) is 0 Å². The quantitative estimate of drug-likeness (QED) is 0.665. The first-order chi connectivity index (χ1) is 5.16. The van der Waals surface area contributed by atoms with Crippen LogP contribution in [0.15, 0.2) is 0 Å². The first-order valence-corrected chi connectivity index (χ1v) is 3.92. The first kappa shape index (κ1) is 8.24. The second-order valence-electron chi connectivity index (χ2n) is 2.95. The summed E-state index contributed by atoms with van der Waals surface area (Å²) in [4.78, 5) is 21.5. The van der Waals surface area contributed by atoms with Crippen LogP contribution >= 0.6 is 0 Å². The number of ketones is 1. The maximum absolute atomic E-state index is 11.0. The zero-order valence-electron chi connectivity index (χ0n) is 6.54. The van der Waals surface area contributed by atoms with E-state index < -0.39 is 5.97 Å². The number of Topliss-reactive ketones (excluding diaryl/α,β-unsaturated/α-hetero) is 1. The third kappa shape index (κ3) is 1.42. The van der Waals surface area contributed by atoms with Crippen molar-refractivity contribution in [1.29, 1.82) is 0 Å². The Morgan fingerprint density at radius 3 is 2.18 bits per heavy atom. The Bertz CT molecular complexity index is 186. The molecule has 0 aromatic heterocycles. The van der Waals surface area contributed by atoms with Gasteiger partial charge in [-0.15, -0.1) is 0 Å². The van der Waals surface area contributed by atoms with Crippen LogP contribution in [0.4, 0.5) is 0 Å². The van der Waals surface area contributed by atoms with Crippen molar-refractivity contribution in [2.45, 2.75) is 26.2 Å². The number of hydrogen-bond donors (Lipinski definition) is 1. The van der Waals surface area contributed by atoms with Crippen molar-refractivity contribution in [3.8, 4) is 0 Å². The maximum atomic E-state index is 11.0. The summed E-state index contributed by atoms with van der Waals surface area (Å²) in [5, 5.41) is 8.60. The highest BCUT2D eigenvalue weighted by molar-refractivity contribution is 5.87. The monoisotopic (exact) mass is 156 g/mol. The van der Waals surface area contributed by atoms with Gasteiger partial charge in [-0.3, -0.25) is 9.59 Å². The summed E-state index contributed by atoms with van der Waals surface area (Å²) in [5.74, 6) is -1.29. The van der Waals surface area contributed by atoms with E-state index in [4.69, 9.17) is 5.11 Å². The van der Waals surface area contributed by atoms with Crippen LogP contribution in [-0.4, -0.2) is 16.9 Å². The van der Waals surface area contributed by atoms with Crippen LogP contribution in [0.25, 0.3) is 0 Å². The lowest BCUT2D eigenvalue weighted by atomic mass is 9.71. The van der Waals surface area contributed by atoms with Crippen molar-refractivity contribution in [1.82, 2.24) is 0 Å². The lowest BCUT2D eigenvalue weighted by Crippen LogP contribution is -2.37. The van der Waals surface area contributed by atoms with Crippen LogP contribution in [0.2, 0.25) is 0 Å². The highest BCUT2D eigenvalue weighted by Gasteiger charge is 2.40. The van der Waals surface area contributed by atoms with Crippen molar-refractivity contribution in [3.05, 3.63) is 0 Å². The summed E-state index contributed by atoms with van der Waals surface area (Å²) in [6.07, 6.45) is 1.91. The summed E-state index contributed by atoms with van der Waals surface area (Å²) in [5.41, 5.74) is 0. The molecule has 1 aliphatic rings. The highest BCUT2D eigenvalue weighted by Crippen LogP contribution is 2.35. The predicted octanol–water partition coefficient (Wildman–Crippen LogP) is 1.08. The van der Waals surface area contributed by atoms with Crippen molar-refractivity contribution >= 4 is 11.8 Å². The molecule has 0 saturated heterocycles.